The van der Waals surface area contributed by atoms with Crippen molar-refractivity contribution in [3.8, 4) is 5.75 Å². The molecule has 6 atom stereocenters. The van der Waals surface area contributed by atoms with Gasteiger partial charge in [0, 0.05) is 17.2 Å². The van der Waals surface area contributed by atoms with Crippen molar-refractivity contribution in [1.29, 1.82) is 0 Å². The molecule has 19 heteroatoms. The summed E-state index contributed by atoms with van der Waals surface area (Å²) >= 11 is 0. The van der Waals surface area contributed by atoms with Crippen LogP contribution in [0.3, 0.4) is 0 Å². The standard InChI is InChI=1S/C31H28F6N4O9/c1-9-13-4-5-14(40-28(49)39-12-7-10(30(32,33)34)6-11(8-12)31(35,36)37)21(42)16(13)22(43)17-15(9)23(44)19-20(41(2)3)24(45)18(27(38)48)26(47)29(19,50)25(17)46/h4-9,15,19-20,23,42,44-46,50H,1-3H3,(H2,38,48)(H2,39,40,49)/t9-,15+,19+,20-,23-,29-/m0/s1. The van der Waals surface area contributed by atoms with Gasteiger partial charge in [-0.2, -0.15) is 26.3 Å². The van der Waals surface area contributed by atoms with Crippen LogP contribution in [0.25, 0.3) is 0 Å². The third kappa shape index (κ3) is 5.41. The lowest BCUT2D eigenvalue weighted by Gasteiger charge is -2.53. The number of likely N-dealkylation sites (N-methyl/N-ethyl adjacent to an activating group) is 1. The van der Waals surface area contributed by atoms with Crippen LogP contribution in [-0.2, 0) is 21.9 Å². The van der Waals surface area contributed by atoms with E-state index in [-0.39, 0.29) is 23.8 Å². The fraction of sp³-hybridized carbons (Fsp3) is 0.355. The van der Waals surface area contributed by atoms with Gasteiger partial charge < -0.3 is 41.9 Å². The lowest BCUT2D eigenvalue weighted by atomic mass is 9.55. The summed E-state index contributed by atoms with van der Waals surface area (Å²) < 4.78 is 79.6. The molecule has 3 amide bonds. The molecule has 0 bridgehead atoms. The van der Waals surface area contributed by atoms with Gasteiger partial charge in [0.05, 0.1) is 40.4 Å². The average molecular weight is 715 g/mol. The zero-order chi connectivity index (χ0) is 37.6. The molecule has 5 rings (SSSR count). The Morgan fingerprint density at radius 1 is 0.940 bits per heavy atom. The molecule has 50 heavy (non-hydrogen) atoms. The molecular weight excluding hydrogens is 686 g/mol. The number of amides is 3. The van der Waals surface area contributed by atoms with Gasteiger partial charge in [0.2, 0.25) is 5.78 Å². The normalized spacial score (nSPS) is 26.8. The van der Waals surface area contributed by atoms with E-state index in [0.29, 0.717) is 0 Å². The fourth-order valence-electron chi connectivity index (χ4n) is 7.04. The molecule has 3 aliphatic rings. The van der Waals surface area contributed by atoms with E-state index >= 15 is 0 Å². The first-order chi connectivity index (χ1) is 22.9. The number of phenols is 1. The van der Waals surface area contributed by atoms with E-state index in [1.807, 2.05) is 5.32 Å². The largest absolute Gasteiger partial charge is 0.510 e. The molecule has 0 saturated heterocycles. The summed E-state index contributed by atoms with van der Waals surface area (Å²) in [5.41, 5.74) is -5.28. The minimum absolute atomic E-state index is 0.0262. The van der Waals surface area contributed by atoms with E-state index in [1.54, 1.807) is 5.32 Å². The van der Waals surface area contributed by atoms with Gasteiger partial charge in [0.1, 0.15) is 17.1 Å². The van der Waals surface area contributed by atoms with Gasteiger partial charge in [0.15, 0.2) is 17.1 Å². The highest BCUT2D eigenvalue weighted by molar-refractivity contribution is 6.25. The first kappa shape index (κ1) is 36.1. The molecule has 268 valence electrons. The van der Waals surface area contributed by atoms with Crippen LogP contribution >= 0.6 is 0 Å². The number of carbonyl (C=O) groups is 4. The third-order valence-electron chi connectivity index (χ3n) is 9.23. The Hall–Kier alpha value is -5.14. The lowest BCUT2D eigenvalue weighted by Crippen LogP contribution is -2.68. The molecule has 0 saturated carbocycles. The number of anilines is 2. The van der Waals surface area contributed by atoms with Gasteiger partial charge in [-0.25, -0.2) is 4.79 Å². The van der Waals surface area contributed by atoms with Crippen LogP contribution in [0.1, 0.15) is 39.9 Å². The summed E-state index contributed by atoms with van der Waals surface area (Å²) in [6.45, 7) is 1.45. The number of phenolic OH excluding ortho intramolecular Hbond substituents is 1. The Kier molecular flexibility index (Phi) is 8.48. The molecule has 9 N–H and O–H groups in total. The van der Waals surface area contributed by atoms with Crippen molar-refractivity contribution in [2.75, 3.05) is 24.7 Å². The minimum atomic E-state index is -5.21. The number of alkyl halides is 6. The number of hydrogen-bond acceptors (Lipinski definition) is 10. The number of urea groups is 1. The van der Waals surface area contributed by atoms with E-state index in [0.717, 1.165) is 6.07 Å². The van der Waals surface area contributed by atoms with Gasteiger partial charge in [-0.15, -0.1) is 0 Å². The van der Waals surface area contributed by atoms with Crippen LogP contribution in [0, 0.1) is 11.8 Å². The Labute approximate surface area is 277 Å². The summed E-state index contributed by atoms with van der Waals surface area (Å²) in [5, 5.41) is 60.7. The van der Waals surface area contributed by atoms with Crippen LogP contribution < -0.4 is 16.4 Å². The van der Waals surface area contributed by atoms with Crippen molar-refractivity contribution in [3.05, 3.63) is 75.3 Å². The summed E-state index contributed by atoms with van der Waals surface area (Å²) in [4.78, 5) is 53.6. The molecule has 2 aromatic rings. The highest BCUT2D eigenvalue weighted by Gasteiger charge is 2.67. The molecular formula is C31H28F6N4O9. The number of Topliss-reactive ketones (excluding diaryl/α,β-unsaturated/α-hetero) is 2. The number of fused-ring (bicyclic) bond motifs is 3. The number of halogens is 6. The number of primary amides is 1. The Morgan fingerprint density at radius 2 is 1.50 bits per heavy atom. The summed E-state index contributed by atoms with van der Waals surface area (Å²) in [5.74, 6) is -11.7. The van der Waals surface area contributed by atoms with Gasteiger partial charge in [-0.05, 0) is 49.8 Å². The minimum Gasteiger partial charge on any atom is -0.510 e. The predicted molar refractivity (Wildman–Crippen MR) is 159 cm³/mol. The first-order valence-corrected chi connectivity index (χ1v) is 14.5. The molecule has 0 fully saturated rings. The molecule has 0 unspecified atom stereocenters. The molecule has 0 radical (unpaired) electrons. The smallest absolute Gasteiger partial charge is 0.416 e. The maximum atomic E-state index is 14.0. The number of nitrogens with one attached hydrogen (secondary N) is 2. The van der Waals surface area contributed by atoms with E-state index in [9.17, 15) is 71.1 Å². The molecule has 0 aliphatic heterocycles. The predicted octanol–water partition coefficient (Wildman–Crippen LogP) is 3.33. The number of nitrogens with zero attached hydrogens (tertiary/aromatic N) is 1. The molecule has 13 nitrogen and oxygen atoms in total. The average Bonchev–Trinajstić information content (AvgIpc) is 2.98. The van der Waals surface area contributed by atoms with Crippen LogP contribution in [0.2, 0.25) is 0 Å². The second kappa shape index (κ2) is 11.7. The highest BCUT2D eigenvalue weighted by Crippen LogP contribution is 2.56. The maximum absolute atomic E-state index is 14.0. The number of aliphatic hydroxyl groups is 4. The number of aliphatic hydroxyl groups excluding tert-OH is 3. The second-order valence-corrected chi connectivity index (χ2v) is 12.4. The van der Waals surface area contributed by atoms with Gasteiger partial charge in [-0.1, -0.05) is 13.0 Å². The van der Waals surface area contributed by atoms with Gasteiger partial charge in [0.25, 0.3) is 5.91 Å². The Balaban J connectivity index is 1.56. The number of hydrogen-bond donors (Lipinski definition) is 8. The van der Waals surface area contributed by atoms with Gasteiger partial charge in [-0.3, -0.25) is 19.3 Å². The number of ketones is 2. The second-order valence-electron chi connectivity index (χ2n) is 12.4. The van der Waals surface area contributed by atoms with E-state index in [4.69, 9.17) is 5.73 Å². The summed E-state index contributed by atoms with van der Waals surface area (Å²) in [7, 11) is 2.74. The van der Waals surface area contributed by atoms with Crippen molar-refractivity contribution < 1.29 is 71.1 Å². The summed E-state index contributed by atoms with van der Waals surface area (Å²) in [6, 6.07) is -0.351. The van der Waals surface area contributed by atoms with Crippen molar-refractivity contribution in [3.63, 3.8) is 0 Å². The van der Waals surface area contributed by atoms with E-state index in [1.165, 1.54) is 32.0 Å². The van der Waals surface area contributed by atoms with Crippen LogP contribution in [0.5, 0.6) is 5.75 Å². The van der Waals surface area contributed by atoms with Crippen molar-refractivity contribution in [1.82, 2.24) is 4.90 Å². The van der Waals surface area contributed by atoms with Crippen LogP contribution in [0.4, 0.5) is 42.5 Å². The Morgan fingerprint density at radius 3 is 2.00 bits per heavy atom. The highest BCUT2D eigenvalue weighted by atomic mass is 19.4. The lowest BCUT2D eigenvalue weighted by molar-refractivity contribution is -0.162. The van der Waals surface area contributed by atoms with E-state index < -0.39 is 128 Å². The molecule has 3 aliphatic carbocycles. The molecule has 0 heterocycles. The molecule has 0 aromatic heterocycles. The Bertz CT molecular complexity index is 1890. The number of benzene rings is 2. The SMILES string of the molecule is C[C@H]1c2ccc(NC(=O)Nc3cc(C(F)(F)F)cc(C(F)(F)F)c3)c(O)c2C(=O)C2=C(O)[C@]3(O)C(=O)C(C(N)=O)=C(O)[C@@H](N(C)C)[C@@H]3[C@@H](O)[C@@H]21. The summed E-state index contributed by atoms with van der Waals surface area (Å²) in [6.07, 6.45) is -12.3. The van der Waals surface area contributed by atoms with Crippen LogP contribution in [0.15, 0.2) is 53.0 Å². The zero-order valence-electron chi connectivity index (χ0n) is 25.9. The zero-order valence-corrected chi connectivity index (χ0v) is 25.9. The van der Waals surface area contributed by atoms with E-state index in [2.05, 4.69) is 0 Å². The van der Waals surface area contributed by atoms with Crippen molar-refractivity contribution in [2.24, 2.45) is 17.6 Å². The molecule has 0 spiro atoms. The number of aromatic hydroxyl groups is 1. The molecule has 2 aromatic carbocycles. The maximum Gasteiger partial charge on any atom is 0.416 e. The first-order valence-electron chi connectivity index (χ1n) is 14.5. The quantitative estimate of drug-likeness (QED) is 0.131. The van der Waals surface area contributed by atoms with Gasteiger partial charge >= 0.3 is 18.4 Å². The topological polar surface area (TPSA) is 223 Å². The third-order valence-corrected chi connectivity index (χ3v) is 9.23. The van der Waals surface area contributed by atoms with Crippen molar-refractivity contribution >= 4 is 34.9 Å². The number of rotatable bonds is 4. The van der Waals surface area contributed by atoms with Crippen molar-refractivity contribution in [2.45, 2.75) is 42.9 Å². The fourth-order valence-corrected chi connectivity index (χ4v) is 7.04. The monoisotopic (exact) mass is 714 g/mol. The number of nitrogens with two attached hydrogens (primary N) is 1. The number of carbonyl (C=O) groups excluding carboxylic acids is 4. The van der Waals surface area contributed by atoms with Crippen LogP contribution in [-0.4, -0.2) is 85.8 Å².